The van der Waals surface area contributed by atoms with Gasteiger partial charge in [-0.15, -0.1) is 11.3 Å². The van der Waals surface area contributed by atoms with Gasteiger partial charge in [0.2, 0.25) is 4.77 Å². The van der Waals surface area contributed by atoms with Gasteiger partial charge in [-0.2, -0.15) is 14.9 Å². The maximum Gasteiger partial charge on any atom is 0.216 e. The molecule has 1 aromatic carbocycles. The molecule has 24 heavy (non-hydrogen) atoms. The molecule has 0 spiro atoms. The highest BCUT2D eigenvalue weighted by atomic mass is 32.1. The summed E-state index contributed by atoms with van der Waals surface area (Å²) in [7, 11) is 3.19. The van der Waals surface area contributed by atoms with Crippen LogP contribution in [0.2, 0.25) is 0 Å². The molecule has 0 bridgehead atoms. The second-order valence-corrected chi connectivity index (χ2v) is 6.28. The minimum Gasteiger partial charge on any atom is -0.493 e. The van der Waals surface area contributed by atoms with E-state index in [1.165, 1.54) is 5.56 Å². The van der Waals surface area contributed by atoms with Gasteiger partial charge in [0.25, 0.3) is 0 Å². The van der Waals surface area contributed by atoms with Crippen LogP contribution in [0.4, 0.5) is 0 Å². The van der Waals surface area contributed by atoms with Crippen molar-refractivity contribution in [1.29, 1.82) is 0 Å². The lowest BCUT2D eigenvalue weighted by molar-refractivity contribution is 0.355. The average Bonchev–Trinajstić information content (AvgIpc) is 3.17. The van der Waals surface area contributed by atoms with E-state index < -0.39 is 0 Å². The van der Waals surface area contributed by atoms with Gasteiger partial charge in [-0.3, -0.25) is 0 Å². The molecule has 2 aromatic heterocycles. The van der Waals surface area contributed by atoms with Crippen LogP contribution in [-0.2, 0) is 0 Å². The molecule has 2 heterocycles. The number of ether oxygens (including phenoxy) is 2. The molecule has 124 valence electrons. The highest BCUT2D eigenvalue weighted by Gasteiger charge is 2.12. The van der Waals surface area contributed by atoms with E-state index in [0.29, 0.717) is 22.1 Å². The molecule has 0 fully saturated rings. The fourth-order valence-corrected chi connectivity index (χ4v) is 3.15. The van der Waals surface area contributed by atoms with Crippen LogP contribution in [0.1, 0.15) is 10.4 Å². The molecule has 0 saturated heterocycles. The van der Waals surface area contributed by atoms with Crippen molar-refractivity contribution in [2.75, 3.05) is 14.2 Å². The molecule has 3 rings (SSSR count). The van der Waals surface area contributed by atoms with Crippen LogP contribution in [0, 0.1) is 11.7 Å². The third-order valence-corrected chi connectivity index (χ3v) is 4.70. The van der Waals surface area contributed by atoms with E-state index in [0.717, 1.165) is 10.4 Å². The van der Waals surface area contributed by atoms with Crippen molar-refractivity contribution in [1.82, 2.24) is 14.9 Å². The van der Waals surface area contributed by atoms with Gasteiger partial charge in [0.05, 0.1) is 25.3 Å². The van der Waals surface area contributed by atoms with Crippen molar-refractivity contribution in [3.8, 4) is 22.9 Å². The zero-order valence-electron chi connectivity index (χ0n) is 13.4. The summed E-state index contributed by atoms with van der Waals surface area (Å²) in [5.74, 6) is 1.87. The van der Waals surface area contributed by atoms with E-state index in [1.807, 2.05) is 30.5 Å². The van der Waals surface area contributed by atoms with Crippen LogP contribution in [0.3, 0.4) is 0 Å². The molecule has 6 nitrogen and oxygen atoms in total. The van der Waals surface area contributed by atoms with Crippen molar-refractivity contribution in [3.05, 3.63) is 44.9 Å². The normalized spacial score (nSPS) is 11.1. The van der Waals surface area contributed by atoms with E-state index in [9.17, 15) is 0 Å². The van der Waals surface area contributed by atoms with Gasteiger partial charge in [0.15, 0.2) is 17.3 Å². The van der Waals surface area contributed by atoms with Crippen molar-refractivity contribution in [2.24, 2.45) is 5.10 Å². The van der Waals surface area contributed by atoms with Gasteiger partial charge in [0, 0.05) is 5.56 Å². The lowest BCUT2D eigenvalue weighted by Gasteiger charge is -2.09. The Labute approximate surface area is 148 Å². The monoisotopic (exact) mass is 360 g/mol. The largest absolute Gasteiger partial charge is 0.493 e. The third-order valence-electron chi connectivity index (χ3n) is 3.48. The minimum absolute atomic E-state index is 0.422. The zero-order valence-corrected chi connectivity index (χ0v) is 15.1. The second-order valence-electron chi connectivity index (χ2n) is 4.95. The molecular formula is C16H16N4O2S2. The topological polar surface area (TPSA) is 64.4 Å². The molecular weight excluding hydrogens is 344 g/mol. The molecule has 0 amide bonds. The van der Waals surface area contributed by atoms with E-state index in [2.05, 4.69) is 21.4 Å². The number of methoxy groups -OCH3 is 2. The number of rotatable bonds is 5. The van der Waals surface area contributed by atoms with Gasteiger partial charge < -0.3 is 9.47 Å². The Bertz CT molecular complexity index is 940. The van der Waals surface area contributed by atoms with Crippen LogP contribution >= 0.6 is 23.6 Å². The van der Waals surface area contributed by atoms with Crippen molar-refractivity contribution in [3.63, 3.8) is 0 Å². The van der Waals surface area contributed by atoms with E-state index in [-0.39, 0.29) is 0 Å². The third kappa shape index (κ3) is 3.10. The van der Waals surface area contributed by atoms with E-state index in [1.54, 1.807) is 36.4 Å². The molecule has 3 aromatic rings. The first-order valence-corrected chi connectivity index (χ1v) is 8.41. The van der Waals surface area contributed by atoms with E-state index >= 15 is 0 Å². The number of hydrogen-bond donors (Lipinski definition) is 1. The van der Waals surface area contributed by atoms with Gasteiger partial charge in [0.1, 0.15) is 0 Å². The molecule has 0 aliphatic rings. The fraction of sp³-hybridized carbons (Fsp3) is 0.188. The average molecular weight is 360 g/mol. The van der Waals surface area contributed by atoms with Crippen molar-refractivity contribution in [2.45, 2.75) is 6.92 Å². The number of H-pyrrole nitrogens is 1. The molecule has 0 unspecified atom stereocenters. The number of thiophene rings is 1. The zero-order chi connectivity index (χ0) is 17.1. The Morgan fingerprint density at radius 3 is 2.71 bits per heavy atom. The van der Waals surface area contributed by atoms with Crippen LogP contribution in [0.15, 0.2) is 34.7 Å². The number of hydrogen-bond acceptors (Lipinski definition) is 6. The Morgan fingerprint density at radius 1 is 1.25 bits per heavy atom. The summed E-state index contributed by atoms with van der Waals surface area (Å²) in [6.45, 7) is 2.04. The summed E-state index contributed by atoms with van der Waals surface area (Å²) in [5.41, 5.74) is 1.99. The highest BCUT2D eigenvalue weighted by Crippen LogP contribution is 2.31. The maximum atomic E-state index is 5.34. The number of aromatic amines is 1. The lowest BCUT2D eigenvalue weighted by Crippen LogP contribution is -1.96. The summed E-state index contributed by atoms with van der Waals surface area (Å²) in [5, 5.41) is 13.6. The van der Waals surface area contributed by atoms with Gasteiger partial charge in [-0.25, -0.2) is 5.10 Å². The smallest absolute Gasteiger partial charge is 0.216 e. The molecule has 0 aliphatic carbocycles. The number of aryl methyl sites for hydroxylation is 1. The number of nitrogens with zero attached hydrogens (tertiary/aromatic N) is 3. The Kier molecular flexibility index (Phi) is 4.77. The number of benzene rings is 1. The first kappa shape index (κ1) is 16.4. The van der Waals surface area contributed by atoms with Crippen molar-refractivity contribution >= 4 is 29.8 Å². The van der Waals surface area contributed by atoms with Gasteiger partial charge >= 0.3 is 0 Å². The van der Waals surface area contributed by atoms with Gasteiger partial charge in [-0.1, -0.05) is 0 Å². The van der Waals surface area contributed by atoms with Crippen LogP contribution < -0.4 is 9.47 Å². The first-order valence-electron chi connectivity index (χ1n) is 7.12. The molecule has 0 saturated carbocycles. The maximum absolute atomic E-state index is 5.34. The Hall–Kier alpha value is -2.45. The van der Waals surface area contributed by atoms with Crippen LogP contribution in [-0.4, -0.2) is 35.3 Å². The van der Waals surface area contributed by atoms with E-state index in [4.69, 9.17) is 21.7 Å². The fourth-order valence-electron chi connectivity index (χ4n) is 2.19. The standard InChI is InChI=1S/C16H16N4O2S2/c1-10-6-7-24-14(10)9-17-20-15(18-19-16(20)23)11-4-5-12(21-2)13(8-11)22-3/h4-9H,1-3H3,(H,19,23). The minimum atomic E-state index is 0.422. The SMILES string of the molecule is COc1ccc(-c2n[nH]c(=S)n2N=Cc2sccc2C)cc1OC. The second kappa shape index (κ2) is 6.98. The lowest BCUT2D eigenvalue weighted by atomic mass is 10.2. The Balaban J connectivity index is 2.03. The predicted molar refractivity (Wildman–Crippen MR) is 98.0 cm³/mol. The van der Waals surface area contributed by atoms with Crippen molar-refractivity contribution < 1.29 is 9.47 Å². The summed E-state index contributed by atoms with van der Waals surface area (Å²) in [4.78, 5) is 1.08. The number of aromatic nitrogens is 3. The summed E-state index contributed by atoms with van der Waals surface area (Å²) in [6.07, 6.45) is 1.79. The predicted octanol–water partition coefficient (Wildman–Crippen LogP) is 3.88. The first-order chi connectivity index (χ1) is 11.6. The summed E-state index contributed by atoms with van der Waals surface area (Å²) in [6, 6.07) is 7.60. The van der Waals surface area contributed by atoms with Crippen LogP contribution in [0.25, 0.3) is 11.4 Å². The molecule has 0 atom stereocenters. The van der Waals surface area contributed by atoms with Gasteiger partial charge in [-0.05, 0) is 54.4 Å². The Morgan fingerprint density at radius 2 is 2.04 bits per heavy atom. The number of nitrogens with one attached hydrogen (secondary N) is 1. The molecule has 0 radical (unpaired) electrons. The highest BCUT2D eigenvalue weighted by molar-refractivity contribution is 7.71. The molecule has 1 N–H and O–H groups in total. The summed E-state index contributed by atoms with van der Waals surface area (Å²) < 4.78 is 12.6. The quantitative estimate of drug-likeness (QED) is 0.554. The van der Waals surface area contributed by atoms with Crippen LogP contribution in [0.5, 0.6) is 11.5 Å². The molecule has 8 heteroatoms. The summed E-state index contributed by atoms with van der Waals surface area (Å²) >= 11 is 6.92. The molecule has 0 aliphatic heterocycles.